The van der Waals surface area contributed by atoms with Crippen LogP contribution in [-0.2, 0) is 14.8 Å². The molecule has 3 aromatic rings. The molecule has 0 aliphatic rings. The van der Waals surface area contributed by atoms with Crippen molar-refractivity contribution < 1.29 is 17.9 Å². The van der Waals surface area contributed by atoms with E-state index in [1.54, 1.807) is 84.9 Å². The first-order valence-electron chi connectivity index (χ1n) is 9.68. The zero-order valence-electron chi connectivity index (χ0n) is 17.2. The van der Waals surface area contributed by atoms with Gasteiger partial charge in [0, 0.05) is 5.69 Å². The Balaban J connectivity index is 1.81. The third-order valence-corrected chi connectivity index (χ3v) is 6.23. The minimum atomic E-state index is -3.93. The number of carbonyl (C=O) groups excluding carboxylic acids is 1. The number of ether oxygens (including phenoxy) is 1. The average molecular weight is 437 g/mol. The van der Waals surface area contributed by atoms with Crippen LogP contribution in [0.5, 0.6) is 5.75 Å². The van der Waals surface area contributed by atoms with E-state index in [4.69, 9.17) is 4.74 Å². The molecule has 0 atom stereocenters. The second-order valence-electron chi connectivity index (χ2n) is 6.83. The third kappa shape index (κ3) is 5.73. The van der Waals surface area contributed by atoms with Crippen molar-refractivity contribution in [3.63, 3.8) is 0 Å². The van der Waals surface area contributed by atoms with Crippen molar-refractivity contribution in [2.24, 2.45) is 0 Å². The number of nitrogens with zero attached hydrogens (tertiary/aromatic N) is 1. The fourth-order valence-corrected chi connectivity index (χ4v) is 4.29. The molecule has 160 valence electrons. The number of para-hydroxylation sites is 1. The van der Waals surface area contributed by atoms with Crippen LogP contribution in [0, 0.1) is 6.92 Å². The molecule has 0 spiro atoms. The van der Waals surface area contributed by atoms with Gasteiger partial charge in [-0.3, -0.25) is 9.10 Å². The van der Waals surface area contributed by atoms with Crippen LogP contribution in [-0.4, -0.2) is 27.5 Å². The van der Waals surface area contributed by atoms with Crippen molar-refractivity contribution >= 4 is 27.3 Å². The highest BCUT2D eigenvalue weighted by atomic mass is 32.2. The molecule has 0 radical (unpaired) electrons. The van der Waals surface area contributed by atoms with Gasteiger partial charge in [-0.15, -0.1) is 0 Å². The zero-order valence-corrected chi connectivity index (χ0v) is 18.0. The maximum absolute atomic E-state index is 13.3. The fraction of sp³-hybridized carbons (Fsp3) is 0.125. The van der Waals surface area contributed by atoms with E-state index in [0.717, 1.165) is 9.87 Å². The van der Waals surface area contributed by atoms with E-state index < -0.39 is 15.9 Å². The number of hydrogen-bond donors (Lipinski definition) is 1. The molecule has 0 heterocycles. The summed E-state index contributed by atoms with van der Waals surface area (Å²) in [6.07, 6.45) is 1.64. The topological polar surface area (TPSA) is 75.7 Å². The molecule has 0 bridgehead atoms. The largest absolute Gasteiger partial charge is 0.490 e. The molecule has 0 aliphatic heterocycles. The number of benzene rings is 3. The van der Waals surface area contributed by atoms with Crippen molar-refractivity contribution in [3.8, 4) is 5.75 Å². The summed E-state index contributed by atoms with van der Waals surface area (Å²) in [6.45, 7) is 5.49. The molecule has 31 heavy (non-hydrogen) atoms. The van der Waals surface area contributed by atoms with Gasteiger partial charge in [-0.2, -0.15) is 0 Å². The molecule has 1 amide bonds. The summed E-state index contributed by atoms with van der Waals surface area (Å²) in [6, 6.07) is 21.9. The number of anilines is 2. The standard InChI is InChI=1S/C24H24N2O4S/c1-3-17-30-22-13-11-20(12-14-22)25-24(27)18-26(21-7-5-4-6-8-21)31(28,29)23-15-9-19(2)10-16-23/h3-16H,1,17-18H2,2H3,(H,25,27). The fourth-order valence-electron chi connectivity index (χ4n) is 2.87. The molecule has 0 saturated carbocycles. The van der Waals surface area contributed by atoms with Gasteiger partial charge in [-0.1, -0.05) is 48.6 Å². The van der Waals surface area contributed by atoms with Gasteiger partial charge in [-0.25, -0.2) is 8.42 Å². The SMILES string of the molecule is C=CCOc1ccc(NC(=O)CN(c2ccccc2)S(=O)(=O)c2ccc(C)cc2)cc1. The second kappa shape index (κ2) is 9.95. The Morgan fingerprint density at radius 1 is 1.00 bits per heavy atom. The van der Waals surface area contributed by atoms with Crippen LogP contribution < -0.4 is 14.4 Å². The summed E-state index contributed by atoms with van der Waals surface area (Å²) >= 11 is 0. The number of amides is 1. The van der Waals surface area contributed by atoms with Gasteiger partial charge >= 0.3 is 0 Å². The minimum Gasteiger partial charge on any atom is -0.490 e. The zero-order chi connectivity index (χ0) is 22.3. The van der Waals surface area contributed by atoms with Gasteiger partial charge < -0.3 is 10.1 Å². The number of hydrogen-bond acceptors (Lipinski definition) is 4. The molecule has 0 aliphatic carbocycles. The molecule has 6 nitrogen and oxygen atoms in total. The molecule has 3 rings (SSSR count). The lowest BCUT2D eigenvalue weighted by atomic mass is 10.2. The highest BCUT2D eigenvalue weighted by Crippen LogP contribution is 2.24. The monoisotopic (exact) mass is 436 g/mol. The minimum absolute atomic E-state index is 0.124. The first-order valence-corrected chi connectivity index (χ1v) is 11.1. The summed E-state index contributed by atoms with van der Waals surface area (Å²) in [4.78, 5) is 12.8. The summed E-state index contributed by atoms with van der Waals surface area (Å²) < 4.78 is 33.1. The van der Waals surface area contributed by atoms with Gasteiger partial charge in [0.2, 0.25) is 5.91 Å². The molecule has 3 aromatic carbocycles. The van der Waals surface area contributed by atoms with Gasteiger partial charge in [0.15, 0.2) is 0 Å². The summed E-state index contributed by atoms with van der Waals surface area (Å²) in [5.74, 6) is 0.185. The van der Waals surface area contributed by atoms with Crippen molar-refractivity contribution in [2.75, 3.05) is 22.8 Å². The van der Waals surface area contributed by atoms with E-state index in [9.17, 15) is 13.2 Å². The van der Waals surface area contributed by atoms with Gasteiger partial charge in [-0.05, 0) is 55.5 Å². The normalized spacial score (nSPS) is 10.9. The lowest BCUT2D eigenvalue weighted by Crippen LogP contribution is -2.38. The maximum Gasteiger partial charge on any atom is 0.264 e. The number of carbonyl (C=O) groups is 1. The Morgan fingerprint density at radius 2 is 1.65 bits per heavy atom. The molecular formula is C24H24N2O4S. The Hall–Kier alpha value is -3.58. The first kappa shape index (κ1) is 22.1. The predicted octanol–water partition coefficient (Wildman–Crippen LogP) is 4.39. The van der Waals surface area contributed by atoms with E-state index in [0.29, 0.717) is 23.7 Å². The van der Waals surface area contributed by atoms with Gasteiger partial charge in [0.05, 0.1) is 10.6 Å². The Bertz CT molecular complexity index is 1130. The summed E-state index contributed by atoms with van der Waals surface area (Å²) in [7, 11) is -3.93. The lowest BCUT2D eigenvalue weighted by Gasteiger charge is -2.24. The molecular weight excluding hydrogens is 412 g/mol. The summed E-state index contributed by atoms with van der Waals surface area (Å²) in [5.41, 5.74) is 1.89. The van der Waals surface area contributed by atoms with E-state index in [-0.39, 0.29) is 11.4 Å². The lowest BCUT2D eigenvalue weighted by molar-refractivity contribution is -0.114. The van der Waals surface area contributed by atoms with Gasteiger partial charge in [0.25, 0.3) is 10.0 Å². The maximum atomic E-state index is 13.3. The van der Waals surface area contributed by atoms with Crippen LogP contribution in [0.1, 0.15) is 5.56 Å². The molecule has 0 aromatic heterocycles. The van der Waals surface area contributed by atoms with Crippen molar-refractivity contribution in [1.82, 2.24) is 0 Å². The van der Waals surface area contributed by atoms with Crippen molar-refractivity contribution in [2.45, 2.75) is 11.8 Å². The molecule has 1 N–H and O–H groups in total. The van der Waals surface area contributed by atoms with E-state index in [1.165, 1.54) is 0 Å². The van der Waals surface area contributed by atoms with Crippen LogP contribution in [0.2, 0.25) is 0 Å². The average Bonchev–Trinajstić information content (AvgIpc) is 2.78. The van der Waals surface area contributed by atoms with Crippen molar-refractivity contribution in [1.29, 1.82) is 0 Å². The highest BCUT2D eigenvalue weighted by Gasteiger charge is 2.27. The molecule has 0 saturated heterocycles. The molecule has 0 unspecified atom stereocenters. The van der Waals surface area contributed by atoms with Crippen LogP contribution in [0.25, 0.3) is 0 Å². The molecule has 0 fully saturated rings. The third-order valence-electron chi connectivity index (χ3n) is 4.45. The number of sulfonamides is 1. The van der Waals surface area contributed by atoms with Crippen LogP contribution in [0.15, 0.2) is 96.4 Å². The quantitative estimate of drug-likeness (QED) is 0.505. The number of aryl methyl sites for hydroxylation is 1. The summed E-state index contributed by atoms with van der Waals surface area (Å²) in [5, 5.41) is 2.74. The van der Waals surface area contributed by atoms with Crippen LogP contribution >= 0.6 is 0 Å². The first-order chi connectivity index (χ1) is 14.9. The van der Waals surface area contributed by atoms with E-state index in [2.05, 4.69) is 11.9 Å². The Morgan fingerprint density at radius 3 is 2.26 bits per heavy atom. The predicted molar refractivity (Wildman–Crippen MR) is 123 cm³/mol. The Labute approximate surface area is 182 Å². The van der Waals surface area contributed by atoms with E-state index >= 15 is 0 Å². The van der Waals surface area contributed by atoms with E-state index in [1.807, 2.05) is 6.92 Å². The van der Waals surface area contributed by atoms with Crippen LogP contribution in [0.3, 0.4) is 0 Å². The molecule has 7 heteroatoms. The highest BCUT2D eigenvalue weighted by molar-refractivity contribution is 7.92. The second-order valence-corrected chi connectivity index (χ2v) is 8.69. The smallest absolute Gasteiger partial charge is 0.264 e. The van der Waals surface area contributed by atoms with Crippen LogP contribution in [0.4, 0.5) is 11.4 Å². The van der Waals surface area contributed by atoms with Gasteiger partial charge in [0.1, 0.15) is 18.9 Å². The number of rotatable bonds is 9. The van der Waals surface area contributed by atoms with Crippen molar-refractivity contribution in [3.05, 3.63) is 97.1 Å². The Kier molecular flexibility index (Phi) is 7.10. The number of nitrogens with one attached hydrogen (secondary N) is 1.